The molecule has 3 aliphatic rings. The second-order valence-electron chi connectivity index (χ2n) is 5.27. The van der Waals surface area contributed by atoms with Gasteiger partial charge >= 0.3 is 0 Å². The second kappa shape index (κ2) is 6.57. The molecule has 0 spiro atoms. The normalized spacial score (nSPS) is 24.9. The summed E-state index contributed by atoms with van der Waals surface area (Å²) in [5, 5.41) is -0.365. The number of hydrogen-bond acceptors (Lipinski definition) is 8. The van der Waals surface area contributed by atoms with E-state index in [1.54, 1.807) is 0 Å². The number of hydrogen-bond donors (Lipinski definition) is 0. The third-order valence-electron chi connectivity index (χ3n) is 3.83. The van der Waals surface area contributed by atoms with Crippen molar-refractivity contribution in [3.63, 3.8) is 0 Å². The zero-order valence-electron chi connectivity index (χ0n) is 11.9. The first kappa shape index (κ1) is 15.8. The molecule has 8 nitrogen and oxygen atoms in total. The molecule has 0 unspecified atom stereocenters. The van der Waals surface area contributed by atoms with Gasteiger partial charge in [-0.1, -0.05) is 23.5 Å². The van der Waals surface area contributed by atoms with Crippen LogP contribution in [-0.2, 0) is 9.59 Å². The highest BCUT2D eigenvalue weighted by atomic mass is 32.2. The fraction of sp³-hybridized carbons (Fsp3) is 0.667. The van der Waals surface area contributed by atoms with Crippen molar-refractivity contribution < 1.29 is 19.2 Å². The third-order valence-corrected chi connectivity index (χ3v) is 5.55. The minimum Gasteiger partial charge on any atom is -0.283 e. The lowest BCUT2D eigenvalue weighted by molar-refractivity contribution is -0.128. The van der Waals surface area contributed by atoms with Gasteiger partial charge in [0.15, 0.2) is 0 Å². The van der Waals surface area contributed by atoms with Gasteiger partial charge in [0.1, 0.15) is 0 Å². The summed E-state index contributed by atoms with van der Waals surface area (Å²) >= 11 is 2.08. The minimum absolute atomic E-state index is 0.136. The maximum absolute atomic E-state index is 11.6. The summed E-state index contributed by atoms with van der Waals surface area (Å²) in [6.07, 6.45) is 0. The van der Waals surface area contributed by atoms with Crippen LogP contribution in [0.15, 0.2) is 0 Å². The maximum atomic E-state index is 11.6. The molecule has 10 heteroatoms. The molecule has 3 saturated heterocycles. The van der Waals surface area contributed by atoms with Crippen LogP contribution in [-0.4, -0.2) is 92.9 Å². The summed E-state index contributed by atoms with van der Waals surface area (Å²) in [5.74, 6) is 0.191. The van der Waals surface area contributed by atoms with Crippen molar-refractivity contribution in [1.29, 1.82) is 0 Å². The van der Waals surface area contributed by atoms with Gasteiger partial charge in [0.25, 0.3) is 10.5 Å². The van der Waals surface area contributed by atoms with Gasteiger partial charge in [-0.05, 0) is 0 Å². The van der Waals surface area contributed by atoms with Gasteiger partial charge in [-0.25, -0.2) is 0 Å². The average molecular weight is 344 g/mol. The predicted molar refractivity (Wildman–Crippen MR) is 82.3 cm³/mol. The van der Waals surface area contributed by atoms with Crippen LogP contribution in [0.3, 0.4) is 0 Å². The second-order valence-corrected chi connectivity index (χ2v) is 7.12. The molecule has 0 saturated carbocycles. The number of amides is 4. The summed E-state index contributed by atoms with van der Waals surface area (Å²) < 4.78 is 0. The number of carbonyl (C=O) groups excluding carboxylic acids is 4. The summed E-state index contributed by atoms with van der Waals surface area (Å²) in [6.45, 7) is 3.46. The molecule has 0 aromatic carbocycles. The molecule has 3 rings (SSSR count). The first-order valence-corrected chi connectivity index (χ1v) is 8.90. The Balaban J connectivity index is 1.46. The Kier molecular flexibility index (Phi) is 4.71. The smallest absolute Gasteiger partial charge is 0.283 e. The summed E-state index contributed by atoms with van der Waals surface area (Å²) in [4.78, 5) is 53.0. The van der Waals surface area contributed by atoms with Crippen LogP contribution < -0.4 is 0 Å². The first-order valence-electron chi connectivity index (χ1n) is 6.93. The number of nitrogens with zero attached hydrogens (tertiary/aromatic N) is 4. The van der Waals surface area contributed by atoms with Crippen molar-refractivity contribution in [2.75, 3.05) is 51.0 Å². The first-order chi connectivity index (χ1) is 10.5. The Hall–Kier alpha value is -1.10. The van der Waals surface area contributed by atoms with Crippen molar-refractivity contribution in [2.24, 2.45) is 0 Å². The molecule has 3 aliphatic heterocycles. The number of carbonyl (C=O) groups is 4. The molecule has 22 heavy (non-hydrogen) atoms. The van der Waals surface area contributed by atoms with Crippen LogP contribution in [0, 0.1) is 0 Å². The number of rotatable bonds is 4. The summed E-state index contributed by atoms with van der Waals surface area (Å²) in [5.41, 5.74) is 0. The highest BCUT2D eigenvalue weighted by Gasteiger charge is 2.34. The van der Waals surface area contributed by atoms with Gasteiger partial charge in [0.2, 0.25) is 11.8 Å². The Morgan fingerprint density at radius 3 is 1.32 bits per heavy atom. The highest BCUT2D eigenvalue weighted by Crippen LogP contribution is 2.21. The van der Waals surface area contributed by atoms with Crippen LogP contribution >= 0.6 is 23.5 Å². The molecule has 0 N–H and O–H groups in total. The SMILES string of the molecule is O=C1CSC(=O)N1CN1CCN(CN2C(=O)CSC2=O)CC1. The van der Waals surface area contributed by atoms with Crippen molar-refractivity contribution in [3.05, 3.63) is 0 Å². The van der Waals surface area contributed by atoms with E-state index >= 15 is 0 Å². The van der Waals surface area contributed by atoms with E-state index < -0.39 is 0 Å². The Bertz CT molecular complexity index is 443. The lowest BCUT2D eigenvalue weighted by Gasteiger charge is -2.36. The fourth-order valence-corrected chi connectivity index (χ4v) is 3.94. The minimum atomic E-state index is -0.183. The van der Waals surface area contributed by atoms with E-state index in [9.17, 15) is 19.2 Å². The number of imide groups is 2. The lowest BCUT2D eigenvalue weighted by atomic mass is 10.3. The quantitative estimate of drug-likeness (QED) is 0.700. The molecule has 4 amide bonds. The molecule has 0 aromatic heterocycles. The number of thioether (sulfide) groups is 2. The van der Waals surface area contributed by atoms with E-state index in [2.05, 4.69) is 0 Å². The van der Waals surface area contributed by atoms with Crippen molar-refractivity contribution in [1.82, 2.24) is 19.6 Å². The van der Waals surface area contributed by atoms with Gasteiger partial charge in [-0.3, -0.25) is 38.8 Å². The lowest BCUT2D eigenvalue weighted by Crippen LogP contribution is -2.53. The van der Waals surface area contributed by atoms with Crippen LogP contribution in [0.1, 0.15) is 0 Å². The van der Waals surface area contributed by atoms with Crippen LogP contribution in [0.5, 0.6) is 0 Å². The molecule has 0 radical (unpaired) electrons. The van der Waals surface area contributed by atoms with Gasteiger partial charge in [0, 0.05) is 26.2 Å². The van der Waals surface area contributed by atoms with Gasteiger partial charge in [-0.2, -0.15) is 0 Å². The van der Waals surface area contributed by atoms with Gasteiger partial charge in [-0.15, -0.1) is 0 Å². The molecule has 0 bridgehead atoms. The maximum Gasteiger partial charge on any atom is 0.289 e. The van der Waals surface area contributed by atoms with Gasteiger partial charge < -0.3 is 0 Å². The zero-order chi connectivity index (χ0) is 15.7. The van der Waals surface area contributed by atoms with Crippen molar-refractivity contribution in [2.45, 2.75) is 0 Å². The molecular formula is C12H16N4O4S2. The molecule has 0 atom stereocenters. The molecule has 0 aromatic rings. The molecule has 3 heterocycles. The summed E-state index contributed by atoms with van der Waals surface area (Å²) in [7, 11) is 0. The topological polar surface area (TPSA) is 81.2 Å². The monoisotopic (exact) mass is 344 g/mol. The molecule has 0 aliphatic carbocycles. The number of piperazine rings is 1. The zero-order valence-corrected chi connectivity index (χ0v) is 13.5. The fourth-order valence-electron chi connectivity index (χ4n) is 2.51. The van der Waals surface area contributed by atoms with Crippen molar-refractivity contribution >= 4 is 45.8 Å². The highest BCUT2D eigenvalue weighted by molar-refractivity contribution is 8.15. The van der Waals surface area contributed by atoms with Gasteiger partial charge in [0.05, 0.1) is 24.8 Å². The third kappa shape index (κ3) is 3.29. The molecular weight excluding hydrogens is 328 g/mol. The van der Waals surface area contributed by atoms with Crippen LogP contribution in [0.2, 0.25) is 0 Å². The molecule has 120 valence electrons. The predicted octanol–water partition coefficient (Wildman–Crippen LogP) is -0.0902. The van der Waals surface area contributed by atoms with E-state index in [0.29, 0.717) is 39.5 Å². The Labute approximate surface area is 136 Å². The van der Waals surface area contributed by atoms with Crippen LogP contribution in [0.4, 0.5) is 9.59 Å². The Morgan fingerprint density at radius 2 is 1.05 bits per heavy atom. The molecule has 3 fully saturated rings. The summed E-state index contributed by atoms with van der Waals surface area (Å²) in [6, 6.07) is 0. The van der Waals surface area contributed by atoms with E-state index in [4.69, 9.17) is 0 Å². The standard InChI is InChI=1S/C12H16N4O4S2/c17-9-5-21-11(19)15(9)7-13-1-2-14(4-3-13)8-16-10(18)6-22-12(16)20/h1-8H2. The van der Waals surface area contributed by atoms with Crippen LogP contribution in [0.25, 0.3) is 0 Å². The van der Waals surface area contributed by atoms with E-state index in [-0.39, 0.29) is 33.8 Å². The Morgan fingerprint density at radius 1 is 0.682 bits per heavy atom. The largest absolute Gasteiger partial charge is 0.289 e. The van der Waals surface area contributed by atoms with Crippen molar-refractivity contribution in [3.8, 4) is 0 Å². The van der Waals surface area contributed by atoms with E-state index in [0.717, 1.165) is 23.5 Å². The van der Waals surface area contributed by atoms with E-state index in [1.165, 1.54) is 9.80 Å². The average Bonchev–Trinajstić information content (AvgIpc) is 2.99. The van der Waals surface area contributed by atoms with E-state index in [1.807, 2.05) is 9.80 Å².